The molecule has 1 aromatic carbocycles. The van der Waals surface area contributed by atoms with Crippen molar-refractivity contribution in [1.29, 1.82) is 5.26 Å². The number of nitrogen functional groups attached to an aromatic ring is 1. The summed E-state index contributed by atoms with van der Waals surface area (Å²) in [7, 11) is 1.23. The molecule has 0 radical (unpaired) electrons. The number of benzene rings is 1. The number of esters is 1. The molecule has 23 heavy (non-hydrogen) atoms. The van der Waals surface area contributed by atoms with E-state index in [4.69, 9.17) is 15.7 Å². The molecule has 0 spiro atoms. The van der Waals surface area contributed by atoms with Gasteiger partial charge in [0, 0.05) is 16.2 Å². The summed E-state index contributed by atoms with van der Waals surface area (Å²) < 4.78 is 6.94. The number of methoxy groups -OCH3 is 1. The van der Waals surface area contributed by atoms with Gasteiger partial charge in [-0.3, -0.25) is 4.79 Å². The van der Waals surface area contributed by atoms with Crippen molar-refractivity contribution in [3.8, 4) is 11.8 Å². The Morgan fingerprint density at radius 1 is 1.39 bits per heavy atom. The second kappa shape index (κ2) is 6.26. The Kier molecular flexibility index (Phi) is 4.57. The van der Waals surface area contributed by atoms with E-state index in [1.165, 1.54) is 24.8 Å². The third-order valence-corrected chi connectivity index (χ3v) is 4.31. The minimum atomic E-state index is -0.681. The number of ketones is 1. The highest BCUT2D eigenvalue weighted by Gasteiger charge is 2.24. The molecule has 6 nitrogen and oxygen atoms in total. The molecule has 0 aliphatic heterocycles. The number of nitrogens with two attached hydrogens (primary N) is 1. The van der Waals surface area contributed by atoms with E-state index in [0.717, 1.165) is 10.0 Å². The zero-order valence-corrected chi connectivity index (χ0v) is 14.4. The van der Waals surface area contributed by atoms with E-state index in [2.05, 4.69) is 15.9 Å². The molecule has 1 heterocycles. The molecule has 0 saturated carbocycles. The number of halogens is 1. The average molecular weight is 376 g/mol. The van der Waals surface area contributed by atoms with Crippen molar-refractivity contribution in [2.45, 2.75) is 13.8 Å². The Morgan fingerprint density at radius 3 is 2.57 bits per heavy atom. The number of Topliss-reactive ketones (excluding diaryl/α,β-unsaturated/α-hetero) is 1. The lowest BCUT2D eigenvalue weighted by molar-refractivity contribution is 0.0592. The summed E-state index contributed by atoms with van der Waals surface area (Å²) in [5.41, 5.74) is 7.80. The average Bonchev–Trinajstić information content (AvgIpc) is 2.85. The van der Waals surface area contributed by atoms with Crippen LogP contribution in [0.1, 0.15) is 38.9 Å². The Balaban J connectivity index is 2.87. The molecule has 2 N–H and O–H groups in total. The quantitative estimate of drug-likeness (QED) is 0.656. The van der Waals surface area contributed by atoms with Crippen LogP contribution < -0.4 is 5.73 Å². The van der Waals surface area contributed by atoms with Gasteiger partial charge in [0.05, 0.1) is 24.0 Å². The molecule has 0 saturated heterocycles. The van der Waals surface area contributed by atoms with Gasteiger partial charge in [0.1, 0.15) is 6.07 Å². The Labute approximate surface area is 141 Å². The second-order valence-electron chi connectivity index (χ2n) is 4.95. The number of rotatable bonds is 3. The van der Waals surface area contributed by atoms with Gasteiger partial charge in [-0.1, -0.05) is 15.9 Å². The largest absolute Gasteiger partial charge is 0.464 e. The molecule has 1 aromatic heterocycles. The Bertz CT molecular complexity index is 862. The first-order valence-corrected chi connectivity index (χ1v) is 7.41. The smallest absolute Gasteiger partial charge is 0.357 e. The van der Waals surface area contributed by atoms with Crippen molar-refractivity contribution < 1.29 is 14.3 Å². The molecule has 0 aliphatic carbocycles. The lowest BCUT2D eigenvalue weighted by Crippen LogP contribution is -2.13. The fourth-order valence-corrected chi connectivity index (χ4v) is 2.60. The first kappa shape index (κ1) is 16.8. The minimum Gasteiger partial charge on any atom is -0.464 e. The molecule has 2 aromatic rings. The lowest BCUT2D eigenvalue weighted by Gasteiger charge is -2.14. The maximum Gasteiger partial charge on any atom is 0.357 e. The number of aryl methyl sites for hydroxylation is 1. The summed E-state index contributed by atoms with van der Waals surface area (Å²) in [4.78, 5) is 24.0. The van der Waals surface area contributed by atoms with Gasteiger partial charge in [0.2, 0.25) is 0 Å². The number of anilines is 1. The predicted octanol–water partition coefficient (Wildman–Crippen LogP) is 2.99. The number of hydrogen-bond donors (Lipinski definition) is 1. The number of carbonyl (C=O) groups excluding carboxylic acids is 2. The number of carbonyl (C=O) groups is 2. The molecule has 0 amide bonds. The molecule has 7 heteroatoms. The predicted molar refractivity (Wildman–Crippen MR) is 88.7 cm³/mol. The van der Waals surface area contributed by atoms with Crippen LogP contribution in [0.25, 0.3) is 5.69 Å². The highest BCUT2D eigenvalue weighted by molar-refractivity contribution is 9.10. The van der Waals surface area contributed by atoms with E-state index in [9.17, 15) is 9.59 Å². The zero-order chi connectivity index (χ0) is 17.3. The van der Waals surface area contributed by atoms with Crippen LogP contribution in [0.5, 0.6) is 0 Å². The number of aromatic nitrogens is 1. The third-order valence-electron chi connectivity index (χ3n) is 3.46. The highest BCUT2D eigenvalue weighted by Crippen LogP contribution is 2.30. The summed E-state index contributed by atoms with van der Waals surface area (Å²) in [5.74, 6) is -0.860. The van der Waals surface area contributed by atoms with Crippen LogP contribution in [0, 0.1) is 18.3 Å². The number of nitrogens with zero attached hydrogens (tertiary/aromatic N) is 2. The number of hydrogen-bond acceptors (Lipinski definition) is 5. The Hall–Kier alpha value is -2.59. The third kappa shape index (κ3) is 2.85. The maximum atomic E-state index is 12.1. The van der Waals surface area contributed by atoms with E-state index in [-0.39, 0.29) is 22.7 Å². The molecule has 0 bridgehead atoms. The van der Waals surface area contributed by atoms with Crippen LogP contribution >= 0.6 is 15.9 Å². The molecule has 0 fully saturated rings. The molecule has 0 unspecified atom stereocenters. The van der Waals surface area contributed by atoms with Gasteiger partial charge in [-0.2, -0.15) is 5.26 Å². The van der Waals surface area contributed by atoms with E-state index < -0.39 is 5.97 Å². The summed E-state index contributed by atoms with van der Waals surface area (Å²) in [6, 6.07) is 5.35. The lowest BCUT2D eigenvalue weighted by atomic mass is 10.1. The topological polar surface area (TPSA) is 98.1 Å². The monoisotopic (exact) mass is 375 g/mol. The van der Waals surface area contributed by atoms with Crippen molar-refractivity contribution in [3.05, 3.63) is 45.2 Å². The van der Waals surface area contributed by atoms with E-state index in [1.54, 1.807) is 12.1 Å². The van der Waals surface area contributed by atoms with Crippen LogP contribution in [0.2, 0.25) is 0 Å². The van der Waals surface area contributed by atoms with Crippen LogP contribution in [-0.2, 0) is 4.74 Å². The van der Waals surface area contributed by atoms with E-state index >= 15 is 0 Å². The standard InChI is InChI=1S/C16H14BrN3O3/c1-8-4-13(11(9(2)21)5-12(8)17)20-7-10(6-18)14(19)15(20)16(22)23-3/h4-5,7H,19H2,1-3H3. The van der Waals surface area contributed by atoms with E-state index in [0.29, 0.717) is 11.3 Å². The van der Waals surface area contributed by atoms with Crippen LogP contribution in [-0.4, -0.2) is 23.4 Å². The van der Waals surface area contributed by atoms with E-state index in [1.807, 2.05) is 13.0 Å². The SMILES string of the molecule is COC(=O)c1c(N)c(C#N)cn1-c1cc(C)c(Br)cc1C(C)=O. The van der Waals surface area contributed by atoms with Crippen LogP contribution in [0.3, 0.4) is 0 Å². The van der Waals surface area contributed by atoms with Gasteiger partial charge in [-0.15, -0.1) is 0 Å². The van der Waals surface area contributed by atoms with Crippen molar-refractivity contribution >= 4 is 33.4 Å². The van der Waals surface area contributed by atoms with Gasteiger partial charge >= 0.3 is 5.97 Å². The first-order valence-electron chi connectivity index (χ1n) is 6.62. The summed E-state index contributed by atoms with van der Waals surface area (Å²) in [6.07, 6.45) is 1.43. The molecular weight excluding hydrogens is 362 g/mol. The fourth-order valence-electron chi connectivity index (χ4n) is 2.25. The minimum absolute atomic E-state index is 0.0215. The Morgan fingerprint density at radius 2 is 2.04 bits per heavy atom. The zero-order valence-electron chi connectivity index (χ0n) is 12.8. The van der Waals surface area contributed by atoms with Gasteiger partial charge in [0.25, 0.3) is 0 Å². The van der Waals surface area contributed by atoms with Gasteiger partial charge in [0.15, 0.2) is 11.5 Å². The van der Waals surface area contributed by atoms with Gasteiger partial charge in [-0.05, 0) is 31.5 Å². The van der Waals surface area contributed by atoms with Crippen molar-refractivity contribution in [1.82, 2.24) is 4.57 Å². The van der Waals surface area contributed by atoms with Crippen molar-refractivity contribution in [2.75, 3.05) is 12.8 Å². The number of nitriles is 1. The molecule has 2 rings (SSSR count). The summed E-state index contributed by atoms with van der Waals surface area (Å²) in [6.45, 7) is 3.28. The van der Waals surface area contributed by atoms with Crippen LogP contribution in [0.4, 0.5) is 5.69 Å². The van der Waals surface area contributed by atoms with Gasteiger partial charge < -0.3 is 15.0 Å². The van der Waals surface area contributed by atoms with Crippen molar-refractivity contribution in [3.63, 3.8) is 0 Å². The summed E-state index contributed by atoms with van der Waals surface area (Å²) in [5, 5.41) is 9.16. The summed E-state index contributed by atoms with van der Waals surface area (Å²) >= 11 is 3.39. The normalized spacial score (nSPS) is 10.2. The van der Waals surface area contributed by atoms with Crippen molar-refractivity contribution in [2.24, 2.45) is 0 Å². The molecule has 0 aliphatic rings. The fraction of sp³-hybridized carbons (Fsp3) is 0.188. The number of ether oxygens (including phenoxy) is 1. The maximum absolute atomic E-state index is 12.1. The van der Waals surface area contributed by atoms with Gasteiger partial charge in [-0.25, -0.2) is 4.79 Å². The second-order valence-corrected chi connectivity index (χ2v) is 5.81. The highest BCUT2D eigenvalue weighted by atomic mass is 79.9. The first-order chi connectivity index (χ1) is 10.8. The van der Waals surface area contributed by atoms with Crippen LogP contribution in [0.15, 0.2) is 22.8 Å². The molecule has 118 valence electrons. The molecular formula is C16H14BrN3O3. The molecule has 0 atom stereocenters.